The van der Waals surface area contributed by atoms with E-state index in [9.17, 15) is 0 Å². The first-order chi connectivity index (χ1) is 7.16. The van der Waals surface area contributed by atoms with E-state index in [1.807, 2.05) is 13.1 Å². The summed E-state index contributed by atoms with van der Waals surface area (Å²) in [4.78, 5) is 13.7. The molecule has 0 aliphatic carbocycles. The van der Waals surface area contributed by atoms with Crippen molar-refractivity contribution in [2.45, 2.75) is 20.0 Å². The van der Waals surface area contributed by atoms with E-state index in [4.69, 9.17) is 0 Å². The number of aliphatic imine (C=N–C) groups is 2. The molecule has 2 rings (SSSR count). The van der Waals surface area contributed by atoms with Crippen LogP contribution in [-0.4, -0.2) is 61.2 Å². The van der Waals surface area contributed by atoms with Gasteiger partial charge in [0.05, 0.1) is 0 Å². The maximum absolute atomic E-state index is 4.64. The van der Waals surface area contributed by atoms with Crippen LogP contribution in [0.25, 0.3) is 0 Å². The zero-order valence-corrected chi connectivity index (χ0v) is 9.85. The topological polar surface area (TPSA) is 31.2 Å². The summed E-state index contributed by atoms with van der Waals surface area (Å²) < 4.78 is 0. The first-order valence-electron chi connectivity index (χ1n) is 5.68. The van der Waals surface area contributed by atoms with Crippen molar-refractivity contribution in [3.05, 3.63) is 0 Å². The Morgan fingerprint density at radius 2 is 1.93 bits per heavy atom. The summed E-state index contributed by atoms with van der Waals surface area (Å²) in [5.41, 5.74) is 0. The Bertz CT molecular complexity index is 276. The second-order valence-corrected chi connectivity index (χ2v) is 4.57. The summed E-state index contributed by atoms with van der Waals surface area (Å²) in [5, 5.41) is 0. The first-order valence-corrected chi connectivity index (χ1v) is 5.68. The van der Waals surface area contributed by atoms with Crippen molar-refractivity contribution in [1.82, 2.24) is 9.80 Å². The van der Waals surface area contributed by atoms with Crippen LogP contribution in [0, 0.1) is 5.92 Å². The molecule has 2 atom stereocenters. The lowest BCUT2D eigenvalue weighted by molar-refractivity contribution is 0.102. The maximum atomic E-state index is 4.64. The minimum absolute atomic E-state index is 0.316. The SMILES string of the molecule is CC1=NC(N2CCN(C)CC2)C(C)C=N1. The van der Waals surface area contributed by atoms with E-state index in [2.05, 4.69) is 33.8 Å². The summed E-state index contributed by atoms with van der Waals surface area (Å²) >= 11 is 0. The molecule has 0 amide bonds. The van der Waals surface area contributed by atoms with Gasteiger partial charge >= 0.3 is 0 Å². The molecule has 0 aromatic rings. The van der Waals surface area contributed by atoms with E-state index in [1.54, 1.807) is 0 Å². The lowest BCUT2D eigenvalue weighted by Gasteiger charge is -2.38. The van der Waals surface area contributed by atoms with Crippen LogP contribution in [0.1, 0.15) is 13.8 Å². The van der Waals surface area contributed by atoms with Crippen LogP contribution >= 0.6 is 0 Å². The van der Waals surface area contributed by atoms with Crippen LogP contribution in [0.2, 0.25) is 0 Å². The summed E-state index contributed by atoms with van der Waals surface area (Å²) in [5.74, 6) is 1.36. The molecule has 4 heteroatoms. The van der Waals surface area contributed by atoms with Crippen molar-refractivity contribution < 1.29 is 0 Å². The lowest BCUT2D eigenvalue weighted by Crippen LogP contribution is -2.51. The smallest absolute Gasteiger partial charge is 0.121 e. The van der Waals surface area contributed by atoms with Crippen molar-refractivity contribution in [3.8, 4) is 0 Å². The Labute approximate surface area is 91.7 Å². The Morgan fingerprint density at radius 1 is 1.27 bits per heavy atom. The van der Waals surface area contributed by atoms with Crippen LogP contribution in [-0.2, 0) is 0 Å². The fourth-order valence-electron chi connectivity index (χ4n) is 2.15. The molecule has 0 N–H and O–H groups in total. The molecule has 2 unspecified atom stereocenters. The van der Waals surface area contributed by atoms with Crippen LogP contribution in [0.5, 0.6) is 0 Å². The van der Waals surface area contributed by atoms with Gasteiger partial charge in [0.15, 0.2) is 0 Å². The highest BCUT2D eigenvalue weighted by atomic mass is 15.3. The highest BCUT2D eigenvalue weighted by Gasteiger charge is 2.27. The van der Waals surface area contributed by atoms with Gasteiger partial charge in [0, 0.05) is 38.3 Å². The van der Waals surface area contributed by atoms with E-state index in [-0.39, 0.29) is 0 Å². The molecular formula is C11H20N4. The van der Waals surface area contributed by atoms with E-state index in [0.717, 1.165) is 32.0 Å². The molecule has 4 nitrogen and oxygen atoms in total. The van der Waals surface area contributed by atoms with Gasteiger partial charge in [-0.15, -0.1) is 0 Å². The lowest BCUT2D eigenvalue weighted by atomic mass is 10.1. The van der Waals surface area contributed by atoms with Gasteiger partial charge in [0.25, 0.3) is 0 Å². The standard InChI is InChI=1S/C11H20N4/c1-9-8-12-10(2)13-11(9)15-6-4-14(3)5-7-15/h8-9,11H,4-7H2,1-3H3. The predicted octanol–water partition coefficient (Wildman–Crippen LogP) is 0.699. The van der Waals surface area contributed by atoms with Gasteiger partial charge in [0.1, 0.15) is 12.0 Å². The monoisotopic (exact) mass is 208 g/mol. The third kappa shape index (κ3) is 2.44. The van der Waals surface area contributed by atoms with E-state index in [0.29, 0.717) is 12.1 Å². The number of piperazine rings is 1. The zero-order valence-electron chi connectivity index (χ0n) is 9.85. The molecule has 15 heavy (non-hydrogen) atoms. The molecule has 0 radical (unpaired) electrons. The fraction of sp³-hybridized carbons (Fsp3) is 0.818. The third-order valence-electron chi connectivity index (χ3n) is 3.20. The Hall–Kier alpha value is -0.740. The van der Waals surface area contributed by atoms with Crippen molar-refractivity contribution in [1.29, 1.82) is 0 Å². The highest BCUT2D eigenvalue weighted by molar-refractivity contribution is 5.90. The number of nitrogens with zero attached hydrogens (tertiary/aromatic N) is 4. The second-order valence-electron chi connectivity index (χ2n) is 4.57. The average molecular weight is 208 g/mol. The van der Waals surface area contributed by atoms with E-state index in [1.165, 1.54) is 0 Å². The van der Waals surface area contributed by atoms with Gasteiger partial charge < -0.3 is 4.90 Å². The number of hydrogen-bond acceptors (Lipinski definition) is 4. The summed E-state index contributed by atoms with van der Waals surface area (Å²) in [6.07, 6.45) is 2.35. The van der Waals surface area contributed by atoms with Crippen molar-refractivity contribution in [2.24, 2.45) is 15.9 Å². The van der Waals surface area contributed by atoms with Gasteiger partial charge in [-0.1, -0.05) is 6.92 Å². The van der Waals surface area contributed by atoms with E-state index < -0.39 is 0 Å². The summed E-state index contributed by atoms with van der Waals surface area (Å²) in [7, 11) is 2.18. The highest BCUT2D eigenvalue weighted by Crippen LogP contribution is 2.17. The van der Waals surface area contributed by atoms with Gasteiger partial charge in [0.2, 0.25) is 0 Å². The molecule has 1 saturated heterocycles. The molecule has 2 aliphatic rings. The number of amidine groups is 1. The first kappa shape index (κ1) is 10.8. The largest absolute Gasteiger partial charge is 0.304 e. The Morgan fingerprint density at radius 3 is 2.60 bits per heavy atom. The van der Waals surface area contributed by atoms with Gasteiger partial charge in [-0.2, -0.15) is 0 Å². The minimum atomic E-state index is 0.316. The Balaban J connectivity index is 2.01. The van der Waals surface area contributed by atoms with E-state index >= 15 is 0 Å². The number of rotatable bonds is 1. The molecule has 2 heterocycles. The summed E-state index contributed by atoms with van der Waals surface area (Å²) in [6.45, 7) is 8.71. The predicted molar refractivity (Wildman–Crippen MR) is 63.6 cm³/mol. The maximum Gasteiger partial charge on any atom is 0.121 e. The van der Waals surface area contributed by atoms with Crippen LogP contribution in [0.3, 0.4) is 0 Å². The zero-order chi connectivity index (χ0) is 10.8. The van der Waals surface area contributed by atoms with Crippen LogP contribution < -0.4 is 0 Å². The molecule has 2 aliphatic heterocycles. The molecule has 84 valence electrons. The normalized spacial score (nSPS) is 34.2. The number of hydrogen-bond donors (Lipinski definition) is 0. The van der Waals surface area contributed by atoms with Crippen LogP contribution in [0.4, 0.5) is 0 Å². The molecule has 0 aromatic carbocycles. The fourth-order valence-corrected chi connectivity index (χ4v) is 2.15. The Kier molecular flexibility index (Phi) is 3.17. The average Bonchev–Trinajstić information content (AvgIpc) is 2.23. The molecule has 0 aromatic heterocycles. The summed E-state index contributed by atoms with van der Waals surface area (Å²) in [6, 6.07) is 0. The molecule has 0 saturated carbocycles. The molecule has 1 fully saturated rings. The van der Waals surface area contributed by atoms with Crippen molar-refractivity contribution in [2.75, 3.05) is 33.2 Å². The molecule has 0 spiro atoms. The number of likely N-dealkylation sites (N-methyl/N-ethyl adjacent to an activating group) is 1. The van der Waals surface area contributed by atoms with Crippen molar-refractivity contribution >= 4 is 12.1 Å². The molecule has 0 bridgehead atoms. The van der Waals surface area contributed by atoms with Gasteiger partial charge in [-0.05, 0) is 14.0 Å². The second kappa shape index (κ2) is 4.41. The van der Waals surface area contributed by atoms with Gasteiger partial charge in [-0.3, -0.25) is 9.89 Å². The van der Waals surface area contributed by atoms with Crippen molar-refractivity contribution in [3.63, 3.8) is 0 Å². The minimum Gasteiger partial charge on any atom is -0.304 e. The molecular weight excluding hydrogens is 188 g/mol. The third-order valence-corrected chi connectivity index (χ3v) is 3.20. The van der Waals surface area contributed by atoms with Gasteiger partial charge in [-0.25, -0.2) is 4.99 Å². The van der Waals surface area contributed by atoms with Crippen LogP contribution in [0.15, 0.2) is 9.98 Å². The quantitative estimate of drug-likeness (QED) is 0.635.